The van der Waals surface area contributed by atoms with Gasteiger partial charge in [0.05, 0.1) is 23.9 Å². The third kappa shape index (κ3) is 3.11. The van der Waals surface area contributed by atoms with Crippen LogP contribution in [-0.4, -0.2) is 23.0 Å². The first-order chi connectivity index (χ1) is 13.6. The molecule has 0 radical (unpaired) electrons. The summed E-state index contributed by atoms with van der Waals surface area (Å²) in [5, 5.41) is 0.825. The van der Waals surface area contributed by atoms with Crippen LogP contribution in [0.25, 0.3) is 33.3 Å². The van der Waals surface area contributed by atoms with E-state index >= 15 is 0 Å². The molecule has 0 amide bonds. The van der Waals surface area contributed by atoms with Crippen molar-refractivity contribution < 1.29 is 13.9 Å². The Morgan fingerprint density at radius 2 is 1.75 bits per heavy atom. The van der Waals surface area contributed by atoms with Crippen molar-refractivity contribution in [1.82, 2.24) is 9.97 Å². The Labute approximate surface area is 161 Å². The van der Waals surface area contributed by atoms with Gasteiger partial charge in [0.25, 0.3) is 0 Å². The lowest BCUT2D eigenvalue weighted by molar-refractivity contribution is 0.0603. The number of carbonyl (C=O) groups excluding carboxylic acids is 1. The van der Waals surface area contributed by atoms with E-state index in [1.54, 1.807) is 37.5 Å². The molecule has 5 heteroatoms. The summed E-state index contributed by atoms with van der Waals surface area (Å²) < 4.78 is 18.7. The summed E-state index contributed by atoms with van der Waals surface area (Å²) in [6.45, 7) is 1.72. The number of carbonyl (C=O) groups is 1. The average Bonchev–Trinajstić information content (AvgIpc) is 2.74. The van der Waals surface area contributed by atoms with Crippen LogP contribution in [0.5, 0.6) is 0 Å². The Morgan fingerprint density at radius 3 is 2.54 bits per heavy atom. The second-order valence-electron chi connectivity index (χ2n) is 6.45. The molecule has 0 N–H and O–H groups in total. The van der Waals surface area contributed by atoms with E-state index in [2.05, 4.69) is 9.97 Å². The number of aromatic nitrogens is 2. The van der Waals surface area contributed by atoms with E-state index in [1.807, 2.05) is 30.3 Å². The molecule has 2 aromatic carbocycles. The SMILES string of the molecule is COC(=O)c1cc(-c2cccnc2-c2ccc(F)c(C)c2)cc2cccnc12. The summed E-state index contributed by atoms with van der Waals surface area (Å²) in [5.41, 5.74) is 4.69. The molecule has 4 nitrogen and oxygen atoms in total. The van der Waals surface area contributed by atoms with E-state index in [9.17, 15) is 9.18 Å². The van der Waals surface area contributed by atoms with Crippen LogP contribution in [0, 0.1) is 12.7 Å². The molecule has 4 aromatic rings. The number of hydrogen-bond acceptors (Lipinski definition) is 4. The first kappa shape index (κ1) is 17.8. The molecular formula is C23H17FN2O2. The van der Waals surface area contributed by atoms with Crippen LogP contribution in [0.3, 0.4) is 0 Å². The van der Waals surface area contributed by atoms with Gasteiger partial charge in [-0.15, -0.1) is 0 Å². The molecule has 0 saturated carbocycles. The van der Waals surface area contributed by atoms with Gasteiger partial charge in [0.1, 0.15) is 5.82 Å². The zero-order chi connectivity index (χ0) is 19.7. The monoisotopic (exact) mass is 372 g/mol. The van der Waals surface area contributed by atoms with Gasteiger partial charge in [0, 0.05) is 28.9 Å². The quantitative estimate of drug-likeness (QED) is 0.464. The summed E-state index contributed by atoms with van der Waals surface area (Å²) in [5.74, 6) is -0.709. The average molecular weight is 372 g/mol. The Hall–Kier alpha value is -3.60. The topological polar surface area (TPSA) is 52.1 Å². The minimum absolute atomic E-state index is 0.258. The number of hydrogen-bond donors (Lipinski definition) is 0. The van der Waals surface area contributed by atoms with Crippen molar-refractivity contribution in [1.29, 1.82) is 0 Å². The zero-order valence-corrected chi connectivity index (χ0v) is 15.4. The minimum Gasteiger partial charge on any atom is -0.465 e. The number of pyridine rings is 2. The van der Waals surface area contributed by atoms with Gasteiger partial charge in [-0.05, 0) is 60.5 Å². The molecule has 0 fully saturated rings. The summed E-state index contributed by atoms with van der Waals surface area (Å²) in [4.78, 5) is 21.2. The molecule has 0 saturated heterocycles. The fourth-order valence-electron chi connectivity index (χ4n) is 3.27. The molecule has 0 spiro atoms. The molecule has 4 rings (SSSR count). The van der Waals surface area contributed by atoms with Crippen LogP contribution >= 0.6 is 0 Å². The Morgan fingerprint density at radius 1 is 0.964 bits per heavy atom. The Bertz CT molecular complexity index is 1200. The fraction of sp³-hybridized carbons (Fsp3) is 0.0870. The molecule has 0 aliphatic rings. The molecule has 2 heterocycles. The molecule has 2 aromatic heterocycles. The third-order valence-electron chi connectivity index (χ3n) is 4.66. The first-order valence-corrected chi connectivity index (χ1v) is 8.77. The van der Waals surface area contributed by atoms with Gasteiger partial charge in [-0.2, -0.15) is 0 Å². The standard InChI is InChI=1S/C23H17FN2O2/c1-14-11-16(7-8-20(14)24)21-18(6-4-10-25-21)17-12-15-5-3-9-26-22(15)19(13-17)23(27)28-2/h3-13H,1-2H3. The lowest BCUT2D eigenvalue weighted by Crippen LogP contribution is -2.04. The van der Waals surface area contributed by atoms with Gasteiger partial charge in [0.2, 0.25) is 0 Å². The maximum Gasteiger partial charge on any atom is 0.340 e. The van der Waals surface area contributed by atoms with Crippen molar-refractivity contribution in [2.75, 3.05) is 7.11 Å². The number of halogens is 1. The molecule has 0 atom stereocenters. The third-order valence-corrected chi connectivity index (χ3v) is 4.66. The maximum absolute atomic E-state index is 13.7. The number of methoxy groups -OCH3 is 1. The number of aryl methyl sites for hydroxylation is 1. The largest absolute Gasteiger partial charge is 0.465 e. The number of fused-ring (bicyclic) bond motifs is 1. The van der Waals surface area contributed by atoms with Gasteiger partial charge in [-0.25, -0.2) is 9.18 Å². The molecule has 0 aliphatic heterocycles. The number of benzene rings is 2. The number of nitrogens with zero attached hydrogens (tertiary/aromatic N) is 2. The van der Waals surface area contributed by atoms with Crippen molar-refractivity contribution >= 4 is 16.9 Å². The highest BCUT2D eigenvalue weighted by molar-refractivity contribution is 6.05. The zero-order valence-electron chi connectivity index (χ0n) is 15.4. The van der Waals surface area contributed by atoms with Crippen LogP contribution in [0.15, 0.2) is 67.0 Å². The smallest absolute Gasteiger partial charge is 0.340 e. The van der Waals surface area contributed by atoms with Crippen LogP contribution in [0.1, 0.15) is 15.9 Å². The summed E-state index contributed by atoms with van der Waals surface area (Å²) >= 11 is 0. The van der Waals surface area contributed by atoms with Crippen molar-refractivity contribution in [3.05, 3.63) is 83.9 Å². The van der Waals surface area contributed by atoms with E-state index in [4.69, 9.17) is 4.74 Å². The molecule has 0 unspecified atom stereocenters. The van der Waals surface area contributed by atoms with Gasteiger partial charge in [0.15, 0.2) is 0 Å². The Kier molecular flexibility index (Phi) is 4.57. The fourth-order valence-corrected chi connectivity index (χ4v) is 3.27. The lowest BCUT2D eigenvalue weighted by atomic mass is 9.95. The van der Waals surface area contributed by atoms with Gasteiger partial charge < -0.3 is 4.74 Å². The highest BCUT2D eigenvalue weighted by Gasteiger charge is 2.16. The summed E-state index contributed by atoms with van der Waals surface area (Å²) in [7, 11) is 1.35. The lowest BCUT2D eigenvalue weighted by Gasteiger charge is -2.12. The molecule has 138 valence electrons. The number of ether oxygens (including phenoxy) is 1. The van der Waals surface area contributed by atoms with Crippen molar-refractivity contribution in [2.24, 2.45) is 0 Å². The van der Waals surface area contributed by atoms with Gasteiger partial charge in [-0.3, -0.25) is 9.97 Å². The number of esters is 1. The van der Waals surface area contributed by atoms with Crippen LogP contribution < -0.4 is 0 Å². The Balaban J connectivity index is 1.96. The second kappa shape index (κ2) is 7.19. The van der Waals surface area contributed by atoms with E-state index < -0.39 is 5.97 Å². The van der Waals surface area contributed by atoms with E-state index in [0.29, 0.717) is 22.3 Å². The van der Waals surface area contributed by atoms with Crippen LogP contribution in [-0.2, 0) is 4.74 Å². The molecule has 0 bridgehead atoms. The van der Waals surface area contributed by atoms with Crippen molar-refractivity contribution in [3.8, 4) is 22.4 Å². The van der Waals surface area contributed by atoms with Gasteiger partial charge >= 0.3 is 5.97 Å². The highest BCUT2D eigenvalue weighted by atomic mass is 19.1. The second-order valence-corrected chi connectivity index (χ2v) is 6.45. The normalized spacial score (nSPS) is 10.8. The molecule has 0 aliphatic carbocycles. The molecular weight excluding hydrogens is 355 g/mol. The first-order valence-electron chi connectivity index (χ1n) is 8.77. The van der Waals surface area contributed by atoms with E-state index in [1.165, 1.54) is 13.2 Å². The molecule has 28 heavy (non-hydrogen) atoms. The van der Waals surface area contributed by atoms with E-state index in [0.717, 1.165) is 22.1 Å². The minimum atomic E-state index is -0.450. The highest BCUT2D eigenvalue weighted by Crippen LogP contribution is 2.34. The van der Waals surface area contributed by atoms with Crippen molar-refractivity contribution in [2.45, 2.75) is 6.92 Å². The summed E-state index contributed by atoms with van der Waals surface area (Å²) in [6.07, 6.45) is 3.34. The number of rotatable bonds is 3. The predicted octanol–water partition coefficient (Wildman–Crippen LogP) is 5.20. The summed E-state index contributed by atoms with van der Waals surface area (Å²) in [6, 6.07) is 16.1. The maximum atomic E-state index is 13.7. The van der Waals surface area contributed by atoms with Gasteiger partial charge in [-0.1, -0.05) is 12.1 Å². The van der Waals surface area contributed by atoms with Crippen LogP contribution in [0.4, 0.5) is 4.39 Å². The predicted molar refractivity (Wildman–Crippen MR) is 106 cm³/mol. The van der Waals surface area contributed by atoms with Crippen molar-refractivity contribution in [3.63, 3.8) is 0 Å². The van der Waals surface area contributed by atoms with E-state index in [-0.39, 0.29) is 5.82 Å². The van der Waals surface area contributed by atoms with Crippen LogP contribution in [0.2, 0.25) is 0 Å².